The minimum atomic E-state index is 0.568. The molecule has 76 valence electrons. The number of para-hydroxylation sites is 1. The monoisotopic (exact) mass is 197 g/mol. The van der Waals surface area contributed by atoms with Crippen molar-refractivity contribution in [3.05, 3.63) is 48.7 Å². The van der Waals surface area contributed by atoms with Crippen LogP contribution in [0, 0.1) is 0 Å². The highest BCUT2D eigenvalue weighted by Gasteiger charge is 2.11. The number of hydrogen-bond acceptors (Lipinski definition) is 0. The van der Waals surface area contributed by atoms with E-state index in [4.69, 9.17) is 0 Å². The first-order chi connectivity index (χ1) is 7.45. The number of hydrogen-bond donors (Lipinski definition) is 0. The first-order valence-electron chi connectivity index (χ1n) is 5.67. The number of benzene rings is 1. The van der Waals surface area contributed by atoms with E-state index in [0.29, 0.717) is 6.04 Å². The normalized spacial score (nSPS) is 20.9. The van der Waals surface area contributed by atoms with Gasteiger partial charge in [-0.25, -0.2) is 0 Å². The minimum absolute atomic E-state index is 0.568. The Labute approximate surface area is 90.0 Å². The molecule has 0 saturated carbocycles. The lowest BCUT2D eigenvalue weighted by atomic mass is 10.0. The van der Waals surface area contributed by atoms with E-state index in [0.717, 1.165) is 0 Å². The molecule has 1 aliphatic carbocycles. The first kappa shape index (κ1) is 8.78. The van der Waals surface area contributed by atoms with Crippen molar-refractivity contribution in [3.63, 3.8) is 0 Å². The van der Waals surface area contributed by atoms with Gasteiger partial charge in [-0.05, 0) is 36.8 Å². The van der Waals surface area contributed by atoms with Crippen LogP contribution in [-0.4, -0.2) is 4.57 Å². The Hall–Kier alpha value is -1.50. The van der Waals surface area contributed by atoms with Gasteiger partial charge in [0.1, 0.15) is 0 Å². The number of nitrogens with zero attached hydrogens (tertiary/aromatic N) is 1. The second-order valence-corrected chi connectivity index (χ2v) is 4.21. The molecule has 15 heavy (non-hydrogen) atoms. The lowest BCUT2D eigenvalue weighted by molar-refractivity contribution is 0.531. The summed E-state index contributed by atoms with van der Waals surface area (Å²) in [5.41, 5.74) is 1.36. The zero-order valence-corrected chi connectivity index (χ0v) is 8.76. The molecule has 0 aliphatic heterocycles. The lowest BCUT2D eigenvalue weighted by Crippen LogP contribution is -2.07. The van der Waals surface area contributed by atoms with Gasteiger partial charge in [0.2, 0.25) is 0 Å². The molecule has 1 aromatic carbocycles. The van der Waals surface area contributed by atoms with E-state index >= 15 is 0 Å². The summed E-state index contributed by atoms with van der Waals surface area (Å²) in [4.78, 5) is 0. The average molecular weight is 197 g/mol. The Balaban J connectivity index is 2.10. The van der Waals surface area contributed by atoms with Gasteiger partial charge in [-0.3, -0.25) is 0 Å². The summed E-state index contributed by atoms with van der Waals surface area (Å²) >= 11 is 0. The van der Waals surface area contributed by atoms with Crippen molar-refractivity contribution < 1.29 is 0 Å². The highest BCUT2D eigenvalue weighted by atomic mass is 15.0. The van der Waals surface area contributed by atoms with Crippen molar-refractivity contribution in [2.75, 3.05) is 0 Å². The standard InChI is InChI=1S/C14H15N/c1-2-7-13(8-3-1)15-11-10-12-6-4-5-9-14(12)15/h2,4-7,9-11,13H,1,3,8H2. The predicted molar refractivity (Wildman–Crippen MR) is 64.0 cm³/mol. The molecule has 1 aliphatic rings. The third-order valence-corrected chi connectivity index (χ3v) is 3.22. The highest BCUT2D eigenvalue weighted by Crippen LogP contribution is 2.27. The molecule has 0 fully saturated rings. The zero-order chi connectivity index (χ0) is 10.1. The van der Waals surface area contributed by atoms with Crippen LogP contribution < -0.4 is 0 Å². The quantitative estimate of drug-likeness (QED) is 0.610. The van der Waals surface area contributed by atoms with Crippen LogP contribution in [0.5, 0.6) is 0 Å². The predicted octanol–water partition coefficient (Wildman–Crippen LogP) is 3.92. The van der Waals surface area contributed by atoms with Gasteiger partial charge in [0, 0.05) is 11.7 Å². The molecular formula is C14H15N. The van der Waals surface area contributed by atoms with Gasteiger partial charge in [0.25, 0.3) is 0 Å². The van der Waals surface area contributed by atoms with Crippen LogP contribution in [0.3, 0.4) is 0 Å². The topological polar surface area (TPSA) is 4.93 Å². The van der Waals surface area contributed by atoms with Gasteiger partial charge in [-0.15, -0.1) is 0 Å². The summed E-state index contributed by atoms with van der Waals surface area (Å²) in [7, 11) is 0. The largest absolute Gasteiger partial charge is 0.341 e. The van der Waals surface area contributed by atoms with Crippen LogP contribution in [0.15, 0.2) is 48.7 Å². The minimum Gasteiger partial charge on any atom is -0.341 e. The van der Waals surface area contributed by atoms with Crippen molar-refractivity contribution in [2.24, 2.45) is 0 Å². The van der Waals surface area contributed by atoms with Crippen molar-refractivity contribution in [1.82, 2.24) is 4.57 Å². The van der Waals surface area contributed by atoms with Crippen LogP contribution in [0.2, 0.25) is 0 Å². The molecule has 3 rings (SSSR count). The molecule has 1 atom stereocenters. The van der Waals surface area contributed by atoms with Crippen molar-refractivity contribution in [3.8, 4) is 0 Å². The second-order valence-electron chi connectivity index (χ2n) is 4.21. The van der Waals surface area contributed by atoms with Gasteiger partial charge >= 0.3 is 0 Å². The SMILES string of the molecule is C1=CC(n2ccc3ccccc32)CCC1. The average Bonchev–Trinajstić information content (AvgIpc) is 2.74. The van der Waals surface area contributed by atoms with Crippen LogP contribution in [-0.2, 0) is 0 Å². The molecule has 1 unspecified atom stereocenters. The van der Waals surface area contributed by atoms with E-state index in [9.17, 15) is 0 Å². The fourth-order valence-corrected chi connectivity index (χ4v) is 2.42. The lowest BCUT2D eigenvalue weighted by Gasteiger charge is -2.19. The summed E-state index contributed by atoms with van der Waals surface area (Å²) in [6.45, 7) is 0. The molecule has 0 spiro atoms. The fraction of sp³-hybridized carbons (Fsp3) is 0.286. The molecule has 0 bridgehead atoms. The van der Waals surface area contributed by atoms with Crippen LogP contribution in [0.4, 0.5) is 0 Å². The molecule has 1 heteroatoms. The van der Waals surface area contributed by atoms with E-state index < -0.39 is 0 Å². The fourth-order valence-electron chi connectivity index (χ4n) is 2.42. The Morgan fingerprint density at radius 1 is 1.13 bits per heavy atom. The van der Waals surface area contributed by atoms with E-state index in [1.165, 1.54) is 30.2 Å². The molecular weight excluding hydrogens is 182 g/mol. The van der Waals surface area contributed by atoms with Crippen molar-refractivity contribution >= 4 is 10.9 Å². The molecule has 0 saturated heterocycles. The van der Waals surface area contributed by atoms with Gasteiger partial charge in [0.15, 0.2) is 0 Å². The maximum absolute atomic E-state index is 2.39. The smallest absolute Gasteiger partial charge is 0.0516 e. The third kappa shape index (κ3) is 1.48. The van der Waals surface area contributed by atoms with E-state index in [1.54, 1.807) is 0 Å². The maximum Gasteiger partial charge on any atom is 0.0516 e. The Bertz CT molecular complexity index is 493. The number of fused-ring (bicyclic) bond motifs is 1. The van der Waals surface area contributed by atoms with Crippen molar-refractivity contribution in [1.29, 1.82) is 0 Å². The van der Waals surface area contributed by atoms with Gasteiger partial charge in [-0.2, -0.15) is 0 Å². The molecule has 0 N–H and O–H groups in total. The Morgan fingerprint density at radius 2 is 2.07 bits per heavy atom. The van der Waals surface area contributed by atoms with Gasteiger partial charge in [0.05, 0.1) is 6.04 Å². The van der Waals surface area contributed by atoms with E-state index in [1.807, 2.05) is 0 Å². The second kappa shape index (κ2) is 3.58. The Morgan fingerprint density at radius 3 is 2.93 bits per heavy atom. The molecule has 0 amide bonds. The molecule has 1 heterocycles. The molecule has 0 radical (unpaired) electrons. The maximum atomic E-state index is 2.39. The summed E-state index contributed by atoms with van der Waals surface area (Å²) in [6.07, 6.45) is 10.7. The molecule has 2 aromatic rings. The summed E-state index contributed by atoms with van der Waals surface area (Å²) in [6, 6.07) is 11.4. The summed E-state index contributed by atoms with van der Waals surface area (Å²) < 4.78 is 2.39. The number of aromatic nitrogens is 1. The van der Waals surface area contributed by atoms with Gasteiger partial charge in [-0.1, -0.05) is 30.4 Å². The van der Waals surface area contributed by atoms with Crippen molar-refractivity contribution in [2.45, 2.75) is 25.3 Å². The number of rotatable bonds is 1. The summed E-state index contributed by atoms with van der Waals surface area (Å²) in [5, 5.41) is 1.34. The summed E-state index contributed by atoms with van der Waals surface area (Å²) in [5.74, 6) is 0. The van der Waals surface area contributed by atoms with Crippen LogP contribution in [0.25, 0.3) is 10.9 Å². The first-order valence-corrected chi connectivity index (χ1v) is 5.67. The third-order valence-electron chi connectivity index (χ3n) is 3.22. The Kier molecular flexibility index (Phi) is 2.09. The van der Waals surface area contributed by atoms with Crippen LogP contribution in [0.1, 0.15) is 25.3 Å². The van der Waals surface area contributed by atoms with Gasteiger partial charge < -0.3 is 4.57 Å². The van der Waals surface area contributed by atoms with Crippen LogP contribution >= 0.6 is 0 Å². The molecule has 1 nitrogen and oxygen atoms in total. The zero-order valence-electron chi connectivity index (χ0n) is 8.76. The number of allylic oxidation sites excluding steroid dienone is 2. The highest BCUT2D eigenvalue weighted by molar-refractivity contribution is 5.80. The molecule has 1 aromatic heterocycles. The van der Waals surface area contributed by atoms with E-state index in [2.05, 4.69) is 53.2 Å². The van der Waals surface area contributed by atoms with E-state index in [-0.39, 0.29) is 0 Å².